The molecule has 0 bridgehead atoms. The van der Waals surface area contributed by atoms with Gasteiger partial charge in [-0.25, -0.2) is 4.98 Å². The number of benzene rings is 2. The summed E-state index contributed by atoms with van der Waals surface area (Å²) in [5.41, 5.74) is 8.11. The number of nitrogens with two attached hydrogens (primary N) is 1. The molecule has 0 fully saturated rings. The highest BCUT2D eigenvalue weighted by Gasteiger charge is 2.33. The smallest absolute Gasteiger partial charge is 0.297 e. The number of nitrogens with zero attached hydrogens (tertiary/aromatic N) is 3. The van der Waals surface area contributed by atoms with Crippen molar-refractivity contribution in [3.05, 3.63) is 97.9 Å². The largest absolute Gasteiger partial charge is 0.448 e. The van der Waals surface area contributed by atoms with E-state index in [-0.39, 0.29) is 42.3 Å². The zero-order valence-electron chi connectivity index (χ0n) is 21.8. The van der Waals surface area contributed by atoms with Crippen molar-refractivity contribution in [1.29, 1.82) is 0 Å². The van der Waals surface area contributed by atoms with Crippen LogP contribution in [-0.2, 0) is 6.54 Å². The normalized spacial score (nSPS) is 12.5. The Morgan fingerprint density at radius 1 is 1.08 bits per heavy atom. The number of rotatable bonds is 8. The topological polar surface area (TPSA) is 108 Å². The molecule has 2 aromatic carbocycles. The average molecular weight is 567 g/mol. The lowest BCUT2D eigenvalue weighted by Gasteiger charge is -2.35. The molecule has 202 valence electrons. The predicted octanol–water partition coefficient (Wildman–Crippen LogP) is 6.20. The maximum atomic E-state index is 14.0. The van der Waals surface area contributed by atoms with Crippen molar-refractivity contribution >= 4 is 51.2 Å². The Morgan fingerprint density at radius 2 is 1.82 bits per heavy atom. The molecule has 1 amide bonds. The second-order valence-electron chi connectivity index (χ2n) is 9.83. The fourth-order valence-corrected chi connectivity index (χ4v) is 5.19. The average Bonchev–Trinajstić information content (AvgIpc) is 3.48. The highest BCUT2D eigenvalue weighted by molar-refractivity contribution is 6.31. The number of carbonyl (C=O) groups excluding carboxylic acids is 1. The standard InChI is InChI=1S/C29H28Cl2N4O4/c1-16(2)25(34(13-12-32)28(36)18-6-4-17(3)5-7-18)27-33-24-21-14-19(30)8-10-22(21)39-26(24)29(37)35(27)15-20-9-11-23(31)38-20/h4-11,14,16,25H,12-13,15,32H2,1-3H3. The molecule has 2 N–H and O–H groups in total. The van der Waals surface area contributed by atoms with E-state index in [0.29, 0.717) is 38.7 Å². The zero-order valence-corrected chi connectivity index (χ0v) is 23.3. The molecule has 0 aliphatic rings. The Bertz CT molecular complexity index is 1720. The van der Waals surface area contributed by atoms with Gasteiger partial charge in [-0.3, -0.25) is 14.2 Å². The Balaban J connectivity index is 1.76. The number of aryl methyl sites for hydroxylation is 1. The number of hydrogen-bond acceptors (Lipinski definition) is 6. The molecule has 3 aromatic heterocycles. The molecule has 5 rings (SSSR count). The van der Waals surface area contributed by atoms with Crippen LogP contribution in [0.3, 0.4) is 0 Å². The molecule has 5 aromatic rings. The van der Waals surface area contributed by atoms with Crippen molar-refractivity contribution in [1.82, 2.24) is 14.5 Å². The maximum absolute atomic E-state index is 14.0. The summed E-state index contributed by atoms with van der Waals surface area (Å²) in [6, 6.07) is 15.2. The van der Waals surface area contributed by atoms with Crippen LogP contribution in [0.25, 0.3) is 22.1 Å². The number of fused-ring (bicyclic) bond motifs is 3. The summed E-state index contributed by atoms with van der Waals surface area (Å²) < 4.78 is 13.0. The molecule has 0 aliphatic heterocycles. The first-order valence-corrected chi connectivity index (χ1v) is 13.4. The number of furan rings is 2. The lowest BCUT2D eigenvalue weighted by Crippen LogP contribution is -2.43. The lowest BCUT2D eigenvalue weighted by molar-refractivity contribution is 0.0612. The summed E-state index contributed by atoms with van der Waals surface area (Å²) in [5.74, 6) is 0.498. The predicted molar refractivity (Wildman–Crippen MR) is 152 cm³/mol. The molecule has 1 unspecified atom stereocenters. The molecule has 3 heterocycles. The fraction of sp³-hybridized carbons (Fsp3) is 0.276. The Morgan fingerprint density at radius 3 is 2.46 bits per heavy atom. The maximum Gasteiger partial charge on any atom is 0.297 e. The highest BCUT2D eigenvalue weighted by atomic mass is 35.5. The summed E-state index contributed by atoms with van der Waals surface area (Å²) in [6.45, 7) is 6.44. The first kappa shape index (κ1) is 27.0. The first-order valence-electron chi connectivity index (χ1n) is 12.6. The van der Waals surface area contributed by atoms with Gasteiger partial charge in [-0.2, -0.15) is 0 Å². The Labute approximate surface area is 234 Å². The van der Waals surface area contributed by atoms with E-state index in [9.17, 15) is 9.59 Å². The van der Waals surface area contributed by atoms with Gasteiger partial charge in [0.2, 0.25) is 5.58 Å². The molecule has 0 saturated heterocycles. The summed E-state index contributed by atoms with van der Waals surface area (Å²) in [5, 5.41) is 1.30. The second-order valence-corrected chi connectivity index (χ2v) is 10.6. The number of carbonyl (C=O) groups is 1. The van der Waals surface area contributed by atoms with Gasteiger partial charge in [0.05, 0.1) is 12.6 Å². The molecular weight excluding hydrogens is 539 g/mol. The van der Waals surface area contributed by atoms with Crippen LogP contribution >= 0.6 is 23.2 Å². The van der Waals surface area contributed by atoms with E-state index in [1.165, 1.54) is 4.57 Å². The first-order chi connectivity index (χ1) is 18.7. The Hall–Kier alpha value is -3.59. The van der Waals surface area contributed by atoms with Gasteiger partial charge in [0, 0.05) is 29.1 Å². The van der Waals surface area contributed by atoms with Crippen molar-refractivity contribution in [3.8, 4) is 0 Å². The molecule has 39 heavy (non-hydrogen) atoms. The van der Waals surface area contributed by atoms with Gasteiger partial charge in [0.15, 0.2) is 5.22 Å². The van der Waals surface area contributed by atoms with Crippen LogP contribution in [0.5, 0.6) is 0 Å². The molecule has 0 saturated carbocycles. The van der Waals surface area contributed by atoms with Crippen LogP contribution in [-0.4, -0.2) is 33.4 Å². The van der Waals surface area contributed by atoms with Crippen LogP contribution in [0.15, 0.2) is 68.2 Å². The van der Waals surface area contributed by atoms with Gasteiger partial charge in [-0.15, -0.1) is 0 Å². The van der Waals surface area contributed by atoms with E-state index in [2.05, 4.69) is 0 Å². The van der Waals surface area contributed by atoms with Crippen LogP contribution in [0.1, 0.15) is 47.4 Å². The van der Waals surface area contributed by atoms with E-state index in [1.807, 2.05) is 32.9 Å². The molecular formula is C29H28Cl2N4O4. The van der Waals surface area contributed by atoms with Crippen LogP contribution in [0.4, 0.5) is 0 Å². The van der Waals surface area contributed by atoms with E-state index in [1.54, 1.807) is 47.4 Å². The van der Waals surface area contributed by atoms with Gasteiger partial charge in [-0.05, 0) is 66.9 Å². The van der Waals surface area contributed by atoms with E-state index >= 15 is 0 Å². The minimum absolute atomic E-state index is 0.0417. The summed E-state index contributed by atoms with van der Waals surface area (Å²) >= 11 is 12.3. The molecule has 8 nitrogen and oxygen atoms in total. The van der Waals surface area contributed by atoms with Crippen molar-refractivity contribution in [2.24, 2.45) is 11.7 Å². The molecule has 0 spiro atoms. The van der Waals surface area contributed by atoms with Crippen molar-refractivity contribution in [2.75, 3.05) is 13.1 Å². The third-order valence-corrected chi connectivity index (χ3v) is 7.11. The van der Waals surface area contributed by atoms with E-state index < -0.39 is 11.6 Å². The van der Waals surface area contributed by atoms with Crippen LogP contribution in [0, 0.1) is 12.8 Å². The summed E-state index contributed by atoms with van der Waals surface area (Å²) in [4.78, 5) is 34.5. The van der Waals surface area contributed by atoms with Crippen molar-refractivity contribution in [2.45, 2.75) is 33.4 Å². The summed E-state index contributed by atoms with van der Waals surface area (Å²) in [6.07, 6.45) is 0. The van der Waals surface area contributed by atoms with Gasteiger partial charge >= 0.3 is 0 Å². The van der Waals surface area contributed by atoms with E-state index in [4.69, 9.17) is 42.8 Å². The van der Waals surface area contributed by atoms with Crippen LogP contribution < -0.4 is 11.3 Å². The van der Waals surface area contributed by atoms with Gasteiger partial charge in [-0.1, -0.05) is 43.1 Å². The third-order valence-electron chi connectivity index (χ3n) is 6.67. The van der Waals surface area contributed by atoms with Gasteiger partial charge < -0.3 is 19.5 Å². The lowest BCUT2D eigenvalue weighted by atomic mass is 9.99. The fourth-order valence-electron chi connectivity index (χ4n) is 4.85. The Kier molecular flexibility index (Phi) is 7.53. The van der Waals surface area contributed by atoms with Gasteiger partial charge in [0.25, 0.3) is 11.5 Å². The monoisotopic (exact) mass is 566 g/mol. The summed E-state index contributed by atoms with van der Waals surface area (Å²) in [7, 11) is 0. The third kappa shape index (κ3) is 5.20. The van der Waals surface area contributed by atoms with Crippen molar-refractivity contribution < 1.29 is 13.6 Å². The SMILES string of the molecule is Cc1ccc(C(=O)N(CCN)C(c2nc3c(oc4ccc(Cl)cc43)c(=O)n2Cc2ccc(Cl)o2)C(C)C)cc1. The second kappa shape index (κ2) is 10.9. The molecule has 0 radical (unpaired) electrons. The number of amides is 1. The minimum Gasteiger partial charge on any atom is -0.448 e. The van der Waals surface area contributed by atoms with Crippen molar-refractivity contribution in [3.63, 3.8) is 0 Å². The molecule has 1 atom stereocenters. The number of hydrogen-bond donors (Lipinski definition) is 1. The zero-order chi connectivity index (χ0) is 27.8. The minimum atomic E-state index is -0.603. The highest BCUT2D eigenvalue weighted by Crippen LogP contribution is 2.33. The van der Waals surface area contributed by atoms with Crippen LogP contribution in [0.2, 0.25) is 10.2 Å². The molecule has 0 aliphatic carbocycles. The van der Waals surface area contributed by atoms with Gasteiger partial charge in [0.1, 0.15) is 22.7 Å². The quantitative estimate of drug-likeness (QED) is 0.239. The molecule has 10 heteroatoms. The number of halogens is 2. The number of aromatic nitrogens is 2. The van der Waals surface area contributed by atoms with E-state index in [0.717, 1.165) is 5.56 Å².